The number of hydrogen-bond donors (Lipinski definition) is 0. The number of aryl methyl sites for hydroxylation is 1. The number of amides is 1. The molecule has 0 aliphatic rings. The number of nitrogens with zero attached hydrogens (tertiary/aromatic N) is 2. The third-order valence-electron chi connectivity index (χ3n) is 3.48. The Labute approximate surface area is 180 Å². The first kappa shape index (κ1) is 31.4. The van der Waals surface area contributed by atoms with E-state index in [0.29, 0.717) is 5.56 Å². The Morgan fingerprint density at radius 1 is 0.759 bits per heavy atom. The van der Waals surface area contributed by atoms with Crippen molar-refractivity contribution < 1.29 is 9.63 Å². The van der Waals surface area contributed by atoms with E-state index in [1.54, 1.807) is 13.1 Å². The first-order valence-electron chi connectivity index (χ1n) is 10.8. The molecule has 1 amide bonds. The summed E-state index contributed by atoms with van der Waals surface area (Å²) in [6.07, 6.45) is 0. The van der Waals surface area contributed by atoms with Crippen molar-refractivity contribution in [3.8, 4) is 0 Å². The van der Waals surface area contributed by atoms with E-state index >= 15 is 0 Å². The van der Waals surface area contributed by atoms with Crippen molar-refractivity contribution >= 4 is 17.3 Å². The first-order chi connectivity index (χ1) is 14.0. The van der Waals surface area contributed by atoms with Crippen molar-refractivity contribution in [1.82, 2.24) is 5.06 Å². The minimum absolute atomic E-state index is 0.174. The number of benzene rings is 2. The summed E-state index contributed by atoms with van der Waals surface area (Å²) in [5.41, 5.74) is 3.68. The lowest BCUT2D eigenvalue weighted by molar-refractivity contribution is -0.0756. The average Bonchev–Trinajstić information content (AvgIpc) is 2.83. The second kappa shape index (κ2) is 20.4. The van der Waals surface area contributed by atoms with Crippen molar-refractivity contribution in [2.24, 2.45) is 0 Å². The highest BCUT2D eigenvalue weighted by Gasteiger charge is 2.18. The Kier molecular flexibility index (Phi) is 22.1. The van der Waals surface area contributed by atoms with Gasteiger partial charge in [0.25, 0.3) is 5.91 Å². The quantitative estimate of drug-likeness (QED) is 0.494. The maximum Gasteiger partial charge on any atom is 0.279 e. The van der Waals surface area contributed by atoms with Crippen LogP contribution in [0.4, 0.5) is 11.4 Å². The molecule has 0 atom stereocenters. The molecule has 0 spiro atoms. The lowest BCUT2D eigenvalue weighted by Crippen LogP contribution is -2.27. The highest BCUT2D eigenvalue weighted by atomic mass is 16.7. The van der Waals surface area contributed by atoms with E-state index in [-0.39, 0.29) is 5.91 Å². The molecule has 0 fully saturated rings. The summed E-state index contributed by atoms with van der Waals surface area (Å²) in [5.74, 6) is -0.174. The van der Waals surface area contributed by atoms with E-state index in [1.165, 1.54) is 17.7 Å². The molecule has 2 aromatic carbocycles. The van der Waals surface area contributed by atoms with Gasteiger partial charge in [-0.15, -0.1) is 0 Å². The van der Waals surface area contributed by atoms with Gasteiger partial charge in [-0.25, -0.2) is 5.06 Å². The van der Waals surface area contributed by atoms with Crippen molar-refractivity contribution in [2.45, 2.75) is 62.3 Å². The molecular formula is C25H44N2O2. The van der Waals surface area contributed by atoms with Crippen LogP contribution in [0.1, 0.15) is 71.3 Å². The van der Waals surface area contributed by atoms with Gasteiger partial charge in [0.05, 0.1) is 18.4 Å². The van der Waals surface area contributed by atoms with Gasteiger partial charge >= 0.3 is 0 Å². The number of carbonyl (C=O) groups excluding carboxylic acids is 1. The van der Waals surface area contributed by atoms with Gasteiger partial charge in [-0.1, -0.05) is 85.2 Å². The summed E-state index contributed by atoms with van der Waals surface area (Å²) in [6, 6.07) is 15.7. The third kappa shape index (κ3) is 10.7. The number of anilines is 2. The maximum atomic E-state index is 12.4. The molecule has 2 aromatic rings. The fourth-order valence-electron chi connectivity index (χ4n) is 2.11. The van der Waals surface area contributed by atoms with Crippen LogP contribution < -0.4 is 4.90 Å². The number of hydrogen-bond acceptors (Lipinski definition) is 3. The normalized spacial score (nSPS) is 8.28. The van der Waals surface area contributed by atoms with Gasteiger partial charge in [0.2, 0.25) is 0 Å². The Balaban J connectivity index is -0.000000754. The summed E-state index contributed by atoms with van der Waals surface area (Å²) >= 11 is 0. The lowest BCUT2D eigenvalue weighted by atomic mass is 10.1. The van der Waals surface area contributed by atoms with E-state index in [2.05, 4.69) is 19.1 Å². The summed E-state index contributed by atoms with van der Waals surface area (Å²) in [5, 5.41) is 1.22. The van der Waals surface area contributed by atoms with Gasteiger partial charge in [0.1, 0.15) is 0 Å². The van der Waals surface area contributed by atoms with Crippen LogP contribution in [-0.4, -0.2) is 32.2 Å². The van der Waals surface area contributed by atoms with Gasteiger partial charge < -0.3 is 4.90 Å². The molecule has 0 heterocycles. The predicted molar refractivity (Wildman–Crippen MR) is 130 cm³/mol. The second-order valence-corrected chi connectivity index (χ2v) is 4.90. The molecule has 0 aromatic heterocycles. The van der Waals surface area contributed by atoms with Crippen LogP contribution in [0.2, 0.25) is 0 Å². The average molecular weight is 405 g/mol. The lowest BCUT2D eigenvalue weighted by Gasteiger charge is -2.24. The number of para-hydroxylation sites is 1. The molecule has 166 valence electrons. The third-order valence-corrected chi connectivity index (χ3v) is 3.48. The maximum absolute atomic E-state index is 12.4. The Bertz CT molecular complexity index is 625. The minimum Gasteiger partial charge on any atom is -0.344 e. The van der Waals surface area contributed by atoms with Crippen molar-refractivity contribution in [2.75, 3.05) is 26.1 Å². The van der Waals surface area contributed by atoms with Crippen LogP contribution in [0, 0.1) is 6.92 Å². The minimum atomic E-state index is -0.174. The SMILES string of the molecule is CC.CC.CC.CC.CON(C)C(=O)c1ccccc1N(C)c1ccc(C)cc1. The van der Waals surface area contributed by atoms with E-state index in [9.17, 15) is 4.79 Å². The number of carbonyl (C=O) groups is 1. The van der Waals surface area contributed by atoms with E-state index < -0.39 is 0 Å². The van der Waals surface area contributed by atoms with E-state index in [1.807, 2.05) is 97.7 Å². The van der Waals surface area contributed by atoms with Crippen molar-refractivity contribution in [3.05, 3.63) is 59.7 Å². The summed E-state index contributed by atoms with van der Waals surface area (Å²) in [6.45, 7) is 18.1. The van der Waals surface area contributed by atoms with Gasteiger partial charge in [0, 0.05) is 19.8 Å². The van der Waals surface area contributed by atoms with Crippen LogP contribution >= 0.6 is 0 Å². The monoisotopic (exact) mass is 404 g/mol. The second-order valence-electron chi connectivity index (χ2n) is 4.90. The molecule has 0 unspecified atom stereocenters. The molecule has 4 nitrogen and oxygen atoms in total. The van der Waals surface area contributed by atoms with E-state index in [0.717, 1.165) is 11.4 Å². The van der Waals surface area contributed by atoms with Crippen LogP contribution in [0.5, 0.6) is 0 Å². The molecule has 0 saturated heterocycles. The summed E-state index contributed by atoms with van der Waals surface area (Å²) in [4.78, 5) is 19.3. The molecule has 4 heteroatoms. The van der Waals surface area contributed by atoms with Gasteiger partial charge in [0.15, 0.2) is 0 Å². The smallest absolute Gasteiger partial charge is 0.279 e. The van der Waals surface area contributed by atoms with Crippen LogP contribution in [0.25, 0.3) is 0 Å². The molecule has 29 heavy (non-hydrogen) atoms. The molecule has 0 aliphatic carbocycles. The van der Waals surface area contributed by atoms with Gasteiger partial charge in [-0.05, 0) is 31.2 Å². The Morgan fingerprint density at radius 3 is 1.66 bits per heavy atom. The molecule has 0 saturated carbocycles. The zero-order valence-electron chi connectivity index (χ0n) is 20.8. The highest BCUT2D eigenvalue weighted by Crippen LogP contribution is 2.27. The Morgan fingerprint density at radius 2 is 1.21 bits per heavy atom. The van der Waals surface area contributed by atoms with Crippen LogP contribution in [-0.2, 0) is 4.84 Å². The fraction of sp³-hybridized carbons (Fsp3) is 0.480. The van der Waals surface area contributed by atoms with Crippen LogP contribution in [0.3, 0.4) is 0 Å². The first-order valence-corrected chi connectivity index (χ1v) is 10.8. The molecule has 0 N–H and O–H groups in total. The standard InChI is InChI=1S/C17H20N2O2.4C2H6/c1-13-9-11-14(12-10-13)18(2)16-8-6-5-7-15(16)17(20)19(3)21-4;4*1-2/h5-12H,1-4H3;4*1-2H3. The fourth-order valence-corrected chi connectivity index (χ4v) is 2.11. The predicted octanol–water partition coefficient (Wildman–Crippen LogP) is 7.50. The number of rotatable bonds is 4. The van der Waals surface area contributed by atoms with Gasteiger partial charge in [-0.2, -0.15) is 0 Å². The van der Waals surface area contributed by atoms with Crippen molar-refractivity contribution in [1.29, 1.82) is 0 Å². The number of hydroxylamine groups is 2. The molecule has 0 radical (unpaired) electrons. The summed E-state index contributed by atoms with van der Waals surface area (Å²) < 4.78 is 0. The molecule has 0 aliphatic heterocycles. The molecular weight excluding hydrogens is 360 g/mol. The van der Waals surface area contributed by atoms with Crippen LogP contribution in [0.15, 0.2) is 48.5 Å². The summed E-state index contributed by atoms with van der Waals surface area (Å²) in [7, 11) is 5.03. The van der Waals surface area contributed by atoms with E-state index in [4.69, 9.17) is 4.84 Å². The topological polar surface area (TPSA) is 32.8 Å². The zero-order valence-corrected chi connectivity index (χ0v) is 20.8. The van der Waals surface area contributed by atoms with Gasteiger partial charge in [-0.3, -0.25) is 9.63 Å². The molecule has 0 bridgehead atoms. The van der Waals surface area contributed by atoms with Crippen molar-refractivity contribution in [3.63, 3.8) is 0 Å². The zero-order chi connectivity index (χ0) is 23.4. The molecule has 2 rings (SSSR count). The Hall–Kier alpha value is -2.33. The largest absolute Gasteiger partial charge is 0.344 e. The highest BCUT2D eigenvalue weighted by molar-refractivity contribution is 5.99.